The van der Waals surface area contributed by atoms with E-state index >= 15 is 0 Å². The Labute approximate surface area is 162 Å². The lowest BCUT2D eigenvalue weighted by atomic mass is 10.2. The third-order valence-electron chi connectivity index (χ3n) is 3.74. The second-order valence-electron chi connectivity index (χ2n) is 5.43. The van der Waals surface area contributed by atoms with Crippen molar-refractivity contribution in [1.82, 2.24) is 9.97 Å². The molecule has 140 valence electrons. The van der Waals surface area contributed by atoms with Crippen molar-refractivity contribution in [3.05, 3.63) is 53.7 Å². The van der Waals surface area contributed by atoms with Crippen molar-refractivity contribution in [2.75, 3.05) is 32.0 Å². The summed E-state index contributed by atoms with van der Waals surface area (Å²) in [6, 6.07) is 12.5. The first-order chi connectivity index (χ1) is 13.1. The topological polar surface area (TPSA) is 77.5 Å². The number of nitrogens with zero attached hydrogens (tertiary/aromatic N) is 2. The van der Waals surface area contributed by atoms with Gasteiger partial charge in [0, 0.05) is 17.3 Å². The van der Waals surface area contributed by atoms with Crippen molar-refractivity contribution in [3.63, 3.8) is 0 Å². The Morgan fingerprint density at radius 1 is 0.815 bits per heavy atom. The van der Waals surface area contributed by atoms with Crippen LogP contribution in [-0.4, -0.2) is 31.3 Å². The lowest BCUT2D eigenvalue weighted by Gasteiger charge is -2.13. The molecule has 7 nitrogen and oxygen atoms in total. The van der Waals surface area contributed by atoms with Crippen LogP contribution in [0.15, 0.2) is 48.7 Å². The first kappa shape index (κ1) is 18.6. The van der Waals surface area contributed by atoms with Crippen LogP contribution >= 0.6 is 11.6 Å². The van der Waals surface area contributed by atoms with Gasteiger partial charge < -0.3 is 24.8 Å². The van der Waals surface area contributed by atoms with Crippen LogP contribution in [-0.2, 0) is 0 Å². The lowest BCUT2D eigenvalue weighted by molar-refractivity contribution is 0.395. The SMILES string of the molecule is COc1ccc(Nc2ccnc(Nc3cc(Cl)ccc3OC)n2)c(OC)c1. The first-order valence-electron chi connectivity index (χ1n) is 8.05. The molecule has 0 aliphatic rings. The second-order valence-corrected chi connectivity index (χ2v) is 5.86. The number of rotatable bonds is 7. The Morgan fingerprint density at radius 2 is 1.63 bits per heavy atom. The summed E-state index contributed by atoms with van der Waals surface area (Å²) in [5, 5.41) is 6.91. The Hall–Kier alpha value is -3.19. The molecule has 0 atom stereocenters. The molecule has 8 heteroatoms. The van der Waals surface area contributed by atoms with Crippen molar-refractivity contribution in [2.45, 2.75) is 0 Å². The normalized spacial score (nSPS) is 10.2. The van der Waals surface area contributed by atoms with Gasteiger partial charge >= 0.3 is 0 Å². The number of hydrogen-bond donors (Lipinski definition) is 2. The molecule has 0 spiro atoms. The van der Waals surface area contributed by atoms with Crippen LogP contribution in [0.2, 0.25) is 5.02 Å². The van der Waals surface area contributed by atoms with Crippen molar-refractivity contribution in [1.29, 1.82) is 0 Å². The maximum atomic E-state index is 6.06. The highest BCUT2D eigenvalue weighted by Crippen LogP contribution is 2.32. The molecule has 0 unspecified atom stereocenters. The maximum Gasteiger partial charge on any atom is 0.229 e. The summed E-state index contributed by atoms with van der Waals surface area (Å²) in [6.07, 6.45) is 1.64. The molecule has 2 N–H and O–H groups in total. The summed E-state index contributed by atoms with van der Waals surface area (Å²) in [5.74, 6) is 2.97. The van der Waals surface area contributed by atoms with Crippen molar-refractivity contribution < 1.29 is 14.2 Å². The van der Waals surface area contributed by atoms with Crippen LogP contribution < -0.4 is 24.8 Å². The van der Waals surface area contributed by atoms with E-state index in [1.165, 1.54) is 0 Å². The number of hydrogen-bond acceptors (Lipinski definition) is 7. The van der Waals surface area contributed by atoms with Gasteiger partial charge in [-0.2, -0.15) is 4.98 Å². The van der Waals surface area contributed by atoms with Crippen LogP contribution in [0.3, 0.4) is 0 Å². The van der Waals surface area contributed by atoms with Gasteiger partial charge in [-0.05, 0) is 36.4 Å². The molecule has 0 amide bonds. The minimum atomic E-state index is 0.396. The average Bonchev–Trinajstić information content (AvgIpc) is 2.69. The molecular formula is C19H19ClN4O3. The quantitative estimate of drug-likeness (QED) is 0.612. The van der Waals surface area contributed by atoms with E-state index in [1.54, 1.807) is 57.9 Å². The molecule has 0 aliphatic carbocycles. The zero-order valence-electron chi connectivity index (χ0n) is 15.1. The fourth-order valence-electron chi connectivity index (χ4n) is 2.43. The number of nitrogens with one attached hydrogen (secondary N) is 2. The number of methoxy groups -OCH3 is 3. The third-order valence-corrected chi connectivity index (χ3v) is 3.97. The monoisotopic (exact) mass is 386 g/mol. The largest absolute Gasteiger partial charge is 0.497 e. The van der Waals surface area contributed by atoms with Crippen LogP contribution in [0.1, 0.15) is 0 Å². The molecule has 0 fully saturated rings. The highest BCUT2D eigenvalue weighted by Gasteiger charge is 2.09. The number of benzene rings is 2. The molecule has 1 heterocycles. The summed E-state index contributed by atoms with van der Waals surface area (Å²) >= 11 is 6.06. The highest BCUT2D eigenvalue weighted by atomic mass is 35.5. The number of halogens is 1. The van der Waals surface area contributed by atoms with Gasteiger partial charge in [0.15, 0.2) is 0 Å². The first-order valence-corrected chi connectivity index (χ1v) is 8.43. The van der Waals surface area contributed by atoms with Gasteiger partial charge in [0.25, 0.3) is 0 Å². The van der Waals surface area contributed by atoms with Crippen LogP contribution in [0.5, 0.6) is 17.2 Å². The Kier molecular flexibility index (Phi) is 5.83. The van der Waals surface area contributed by atoms with Crippen molar-refractivity contribution in [2.24, 2.45) is 0 Å². The maximum absolute atomic E-state index is 6.06. The van der Waals surface area contributed by atoms with Gasteiger partial charge in [0.2, 0.25) is 5.95 Å². The molecule has 3 aromatic rings. The summed E-state index contributed by atoms with van der Waals surface area (Å²) in [5.41, 5.74) is 1.42. The van der Waals surface area contributed by atoms with E-state index in [0.717, 1.165) is 5.69 Å². The Morgan fingerprint density at radius 3 is 2.37 bits per heavy atom. The van der Waals surface area contributed by atoms with Crippen molar-refractivity contribution in [3.8, 4) is 17.2 Å². The second kappa shape index (κ2) is 8.46. The number of aromatic nitrogens is 2. The average molecular weight is 387 g/mol. The molecule has 0 radical (unpaired) electrons. The third kappa shape index (κ3) is 4.51. The molecule has 27 heavy (non-hydrogen) atoms. The van der Waals surface area contributed by atoms with Gasteiger partial charge in [0.1, 0.15) is 23.1 Å². The van der Waals surface area contributed by atoms with E-state index in [9.17, 15) is 0 Å². The lowest BCUT2D eigenvalue weighted by Crippen LogP contribution is -2.02. The Balaban J connectivity index is 1.83. The molecule has 1 aromatic heterocycles. The van der Waals surface area contributed by atoms with Gasteiger partial charge in [0.05, 0.1) is 32.7 Å². The summed E-state index contributed by atoms with van der Waals surface area (Å²) < 4.78 is 15.9. The van der Waals surface area contributed by atoms with E-state index in [-0.39, 0.29) is 0 Å². The molecule has 0 saturated carbocycles. The minimum absolute atomic E-state index is 0.396. The van der Waals surface area contributed by atoms with Gasteiger partial charge in [-0.25, -0.2) is 4.98 Å². The van der Waals surface area contributed by atoms with Crippen LogP contribution in [0, 0.1) is 0 Å². The van der Waals surface area contributed by atoms with E-state index in [2.05, 4.69) is 20.6 Å². The van der Waals surface area contributed by atoms with E-state index in [1.807, 2.05) is 12.1 Å². The summed E-state index contributed by atoms with van der Waals surface area (Å²) in [6.45, 7) is 0. The number of ether oxygens (including phenoxy) is 3. The van der Waals surface area contributed by atoms with Crippen LogP contribution in [0.25, 0.3) is 0 Å². The fourth-order valence-corrected chi connectivity index (χ4v) is 2.60. The molecule has 0 bridgehead atoms. The predicted octanol–water partition coefficient (Wildman–Crippen LogP) is 4.64. The molecule has 0 saturated heterocycles. The van der Waals surface area contributed by atoms with Gasteiger partial charge in [-0.15, -0.1) is 0 Å². The highest BCUT2D eigenvalue weighted by molar-refractivity contribution is 6.31. The van der Waals surface area contributed by atoms with Gasteiger partial charge in [-0.1, -0.05) is 11.6 Å². The van der Waals surface area contributed by atoms with Crippen LogP contribution in [0.4, 0.5) is 23.1 Å². The van der Waals surface area contributed by atoms with Crippen molar-refractivity contribution >= 4 is 34.7 Å². The molecule has 0 aliphatic heterocycles. The summed E-state index contributed by atoms with van der Waals surface area (Å²) in [4.78, 5) is 8.71. The predicted molar refractivity (Wildman–Crippen MR) is 106 cm³/mol. The minimum Gasteiger partial charge on any atom is -0.497 e. The van der Waals surface area contributed by atoms with E-state index in [4.69, 9.17) is 25.8 Å². The van der Waals surface area contributed by atoms with Gasteiger partial charge in [-0.3, -0.25) is 0 Å². The van der Waals surface area contributed by atoms with E-state index < -0.39 is 0 Å². The number of anilines is 4. The van der Waals surface area contributed by atoms with E-state index in [0.29, 0.717) is 39.7 Å². The standard InChI is InChI=1S/C19H19ClN4O3/c1-25-13-5-6-14(17(11-13)27-3)22-18-8-9-21-19(24-18)23-15-10-12(20)4-7-16(15)26-2/h4-11H,1-3H3,(H2,21,22,23,24). The zero-order valence-corrected chi connectivity index (χ0v) is 15.9. The molecule has 3 rings (SSSR count). The summed E-state index contributed by atoms with van der Waals surface area (Å²) in [7, 11) is 4.79. The smallest absolute Gasteiger partial charge is 0.229 e. The molecule has 2 aromatic carbocycles. The molecular weight excluding hydrogens is 368 g/mol. The zero-order chi connectivity index (χ0) is 19.2. The fraction of sp³-hybridized carbons (Fsp3) is 0.158. The Bertz CT molecular complexity index is 937.